The molecule has 2 aromatic carbocycles. The van der Waals surface area contributed by atoms with Crippen LogP contribution in [0, 0.1) is 0 Å². The van der Waals surface area contributed by atoms with Gasteiger partial charge in [-0.25, -0.2) is 14.4 Å². The Hall–Kier alpha value is -4.16. The van der Waals surface area contributed by atoms with Gasteiger partial charge in [-0.2, -0.15) is 0 Å². The van der Waals surface area contributed by atoms with Gasteiger partial charge in [0.1, 0.15) is 5.00 Å². The maximum absolute atomic E-state index is 12.9. The van der Waals surface area contributed by atoms with Gasteiger partial charge in [0.2, 0.25) is 5.91 Å². The lowest BCUT2D eigenvalue weighted by atomic mass is 9.96. The molecule has 1 aliphatic rings. The number of carboxylic acids is 2. The molecular weight excluding hydrogens is 568 g/mol. The zero-order valence-electron chi connectivity index (χ0n) is 22.2. The number of carbonyl (C=O) groups excluding carboxylic acids is 3. The fourth-order valence-corrected chi connectivity index (χ4v) is 6.60. The number of thioether (sulfide) groups is 1. The molecule has 0 saturated heterocycles. The summed E-state index contributed by atoms with van der Waals surface area (Å²) in [4.78, 5) is 62.9. The van der Waals surface area contributed by atoms with Gasteiger partial charge in [0, 0.05) is 15.5 Å². The number of aromatic carboxylic acids is 2. The van der Waals surface area contributed by atoms with Crippen LogP contribution in [0.15, 0.2) is 47.4 Å². The first kappa shape index (κ1) is 29.8. The molecule has 1 aliphatic carbocycles. The summed E-state index contributed by atoms with van der Waals surface area (Å²) >= 11 is 2.65. The molecule has 0 saturated carbocycles. The molecule has 0 unspecified atom stereocenters. The van der Waals surface area contributed by atoms with E-state index in [0.717, 1.165) is 67.2 Å². The average Bonchev–Trinajstić information content (AvgIpc) is 3.26. The molecule has 2 amide bonds. The van der Waals surface area contributed by atoms with Crippen LogP contribution in [0.5, 0.6) is 0 Å². The van der Waals surface area contributed by atoms with Crippen LogP contribution in [0.3, 0.4) is 0 Å². The summed E-state index contributed by atoms with van der Waals surface area (Å²) in [5, 5.41) is 24.6. The van der Waals surface area contributed by atoms with Crippen LogP contribution >= 0.6 is 23.1 Å². The van der Waals surface area contributed by atoms with E-state index in [1.807, 2.05) is 0 Å². The summed E-state index contributed by atoms with van der Waals surface area (Å²) < 4.78 is 5.02. The van der Waals surface area contributed by atoms with Gasteiger partial charge < -0.3 is 25.6 Å². The molecule has 0 radical (unpaired) electrons. The van der Waals surface area contributed by atoms with E-state index in [1.165, 1.54) is 30.2 Å². The second-order valence-corrected chi connectivity index (χ2v) is 11.5. The molecule has 214 valence electrons. The van der Waals surface area contributed by atoms with Gasteiger partial charge >= 0.3 is 17.9 Å². The molecular formula is C29H28N2O8S2. The van der Waals surface area contributed by atoms with Crippen molar-refractivity contribution in [2.45, 2.75) is 43.4 Å². The molecule has 0 spiro atoms. The lowest BCUT2D eigenvalue weighted by Crippen LogP contribution is -2.17. The van der Waals surface area contributed by atoms with E-state index < -0.39 is 29.4 Å². The Labute approximate surface area is 244 Å². The van der Waals surface area contributed by atoms with Crippen molar-refractivity contribution in [3.8, 4) is 0 Å². The SMILES string of the molecule is COC(=O)c1c(NC(=O)CSc2cccc(NC(=O)c3ccc(C(=O)O)cc3C(=O)O)c2)sc2c1CCCCCC2. The van der Waals surface area contributed by atoms with E-state index in [9.17, 15) is 29.1 Å². The summed E-state index contributed by atoms with van der Waals surface area (Å²) in [6.07, 6.45) is 5.90. The summed E-state index contributed by atoms with van der Waals surface area (Å²) in [6, 6.07) is 9.93. The smallest absolute Gasteiger partial charge is 0.341 e. The molecule has 41 heavy (non-hydrogen) atoms. The zero-order valence-corrected chi connectivity index (χ0v) is 23.8. The predicted molar refractivity (Wildman–Crippen MR) is 156 cm³/mol. The standard InChI is InChI=1S/C29H28N2O8S2/c1-39-29(38)24-20-9-4-2-3-5-10-22(20)41-26(24)31-23(32)15-40-18-8-6-7-17(14-18)30-25(33)19-12-11-16(27(34)35)13-21(19)28(36)37/h6-8,11-14H,2-5,9-10,15H2,1H3,(H,30,33)(H,31,32)(H,34,35)(H,36,37). The number of methoxy groups -OCH3 is 1. The fourth-order valence-electron chi connectivity index (χ4n) is 4.55. The second-order valence-electron chi connectivity index (χ2n) is 9.30. The van der Waals surface area contributed by atoms with E-state index >= 15 is 0 Å². The number of ether oxygens (including phenoxy) is 1. The van der Waals surface area contributed by atoms with Crippen molar-refractivity contribution in [3.63, 3.8) is 0 Å². The number of thiophene rings is 1. The van der Waals surface area contributed by atoms with E-state index in [2.05, 4.69) is 10.6 Å². The summed E-state index contributed by atoms with van der Waals surface area (Å²) in [5.41, 5.74) is 0.906. The largest absolute Gasteiger partial charge is 0.478 e. The Bertz CT molecular complexity index is 1510. The Kier molecular flexibility index (Phi) is 9.79. The number of fused-ring (bicyclic) bond motifs is 1. The minimum absolute atomic E-state index is 0.0421. The van der Waals surface area contributed by atoms with Crippen LogP contribution in [-0.2, 0) is 22.4 Å². The zero-order chi connectivity index (χ0) is 29.5. The van der Waals surface area contributed by atoms with Crippen LogP contribution in [0.2, 0.25) is 0 Å². The molecule has 4 rings (SSSR count). The van der Waals surface area contributed by atoms with Crippen LogP contribution in [-0.4, -0.2) is 52.8 Å². The van der Waals surface area contributed by atoms with Crippen molar-refractivity contribution in [1.82, 2.24) is 0 Å². The summed E-state index contributed by atoms with van der Waals surface area (Å²) in [7, 11) is 1.33. The number of aryl methyl sites for hydroxylation is 1. The number of rotatable bonds is 9. The second kappa shape index (κ2) is 13.5. The maximum atomic E-state index is 12.9. The minimum Gasteiger partial charge on any atom is -0.478 e. The third kappa shape index (κ3) is 7.33. The van der Waals surface area contributed by atoms with Crippen molar-refractivity contribution in [2.24, 2.45) is 0 Å². The van der Waals surface area contributed by atoms with E-state index in [-0.39, 0.29) is 22.8 Å². The molecule has 3 aromatic rings. The molecule has 0 fully saturated rings. The van der Waals surface area contributed by atoms with E-state index in [0.29, 0.717) is 21.1 Å². The van der Waals surface area contributed by atoms with Crippen LogP contribution < -0.4 is 10.6 Å². The number of anilines is 2. The van der Waals surface area contributed by atoms with Crippen molar-refractivity contribution in [1.29, 1.82) is 0 Å². The Morgan fingerprint density at radius 1 is 0.902 bits per heavy atom. The lowest BCUT2D eigenvalue weighted by molar-refractivity contribution is -0.113. The normalized spacial score (nSPS) is 12.8. The van der Waals surface area contributed by atoms with Crippen LogP contribution in [0.1, 0.15) is 77.6 Å². The maximum Gasteiger partial charge on any atom is 0.341 e. The van der Waals surface area contributed by atoms with Crippen LogP contribution in [0.4, 0.5) is 10.7 Å². The number of amides is 2. The third-order valence-corrected chi connectivity index (χ3v) is 8.72. The number of nitrogens with one attached hydrogen (secondary N) is 2. The number of carbonyl (C=O) groups is 5. The molecule has 0 aliphatic heterocycles. The van der Waals surface area contributed by atoms with Crippen molar-refractivity contribution in [2.75, 3.05) is 23.5 Å². The number of benzene rings is 2. The molecule has 10 nitrogen and oxygen atoms in total. The quantitative estimate of drug-likeness (QED) is 0.183. The van der Waals surface area contributed by atoms with Gasteiger partial charge in [0.15, 0.2) is 0 Å². The van der Waals surface area contributed by atoms with Crippen molar-refractivity contribution >= 4 is 63.5 Å². The highest BCUT2D eigenvalue weighted by Crippen LogP contribution is 2.37. The molecule has 4 N–H and O–H groups in total. The summed E-state index contributed by atoms with van der Waals surface area (Å²) in [6.45, 7) is 0. The first-order valence-electron chi connectivity index (χ1n) is 12.9. The van der Waals surface area contributed by atoms with Crippen molar-refractivity contribution < 1.29 is 38.9 Å². The fraction of sp³-hybridized carbons (Fsp3) is 0.276. The van der Waals surface area contributed by atoms with E-state index in [1.54, 1.807) is 24.3 Å². The Morgan fingerprint density at radius 2 is 1.66 bits per heavy atom. The first-order chi connectivity index (χ1) is 19.7. The molecule has 12 heteroatoms. The Balaban J connectivity index is 1.43. The third-order valence-electron chi connectivity index (χ3n) is 6.52. The number of hydrogen-bond acceptors (Lipinski definition) is 8. The van der Waals surface area contributed by atoms with Crippen molar-refractivity contribution in [3.05, 3.63) is 75.2 Å². The highest BCUT2D eigenvalue weighted by atomic mass is 32.2. The Morgan fingerprint density at radius 3 is 2.37 bits per heavy atom. The molecule has 0 bridgehead atoms. The molecule has 0 atom stereocenters. The van der Waals surface area contributed by atoms with E-state index in [4.69, 9.17) is 9.84 Å². The van der Waals surface area contributed by atoms with Gasteiger partial charge in [-0.3, -0.25) is 9.59 Å². The summed E-state index contributed by atoms with van der Waals surface area (Å²) in [5.74, 6) is -4.17. The predicted octanol–water partition coefficient (Wildman–Crippen LogP) is 5.57. The van der Waals surface area contributed by atoms with Crippen LogP contribution in [0.25, 0.3) is 0 Å². The lowest BCUT2D eigenvalue weighted by Gasteiger charge is -2.11. The number of carboxylic acid groups (broad SMARTS) is 2. The van der Waals surface area contributed by atoms with Gasteiger partial charge in [0.05, 0.1) is 35.1 Å². The van der Waals surface area contributed by atoms with Gasteiger partial charge in [-0.1, -0.05) is 18.9 Å². The highest BCUT2D eigenvalue weighted by Gasteiger charge is 2.26. The van der Waals surface area contributed by atoms with Gasteiger partial charge in [-0.15, -0.1) is 23.1 Å². The first-order valence-corrected chi connectivity index (χ1v) is 14.7. The number of hydrogen-bond donors (Lipinski definition) is 4. The molecule has 1 aromatic heterocycles. The highest BCUT2D eigenvalue weighted by molar-refractivity contribution is 8.00. The monoisotopic (exact) mass is 596 g/mol. The average molecular weight is 597 g/mol. The molecule has 1 heterocycles. The minimum atomic E-state index is -1.43. The van der Waals surface area contributed by atoms with Gasteiger partial charge in [-0.05, 0) is 67.6 Å². The van der Waals surface area contributed by atoms with Gasteiger partial charge in [0.25, 0.3) is 5.91 Å². The topological polar surface area (TPSA) is 159 Å². The number of esters is 1.